The van der Waals surface area contributed by atoms with E-state index in [4.69, 9.17) is 9.84 Å². The minimum absolute atomic E-state index is 0.0275. The Hall–Kier alpha value is -0.610. The number of amides is 1. The van der Waals surface area contributed by atoms with Crippen LogP contribution in [0.25, 0.3) is 0 Å². The highest BCUT2D eigenvalue weighted by atomic mass is 16.5. The highest BCUT2D eigenvalue weighted by Gasteiger charge is 2.16. The second-order valence-corrected chi connectivity index (χ2v) is 1.92. The van der Waals surface area contributed by atoms with Crippen LogP contribution in [0.4, 0.5) is 0 Å². The van der Waals surface area contributed by atoms with Gasteiger partial charge in [-0.3, -0.25) is 4.79 Å². The van der Waals surface area contributed by atoms with E-state index in [2.05, 4.69) is 5.32 Å². The van der Waals surface area contributed by atoms with Gasteiger partial charge in [0.15, 0.2) is 0 Å². The van der Waals surface area contributed by atoms with E-state index in [1.54, 1.807) is 0 Å². The lowest BCUT2D eigenvalue weighted by Gasteiger charge is -2.20. The molecule has 0 bridgehead atoms. The molecule has 1 saturated heterocycles. The van der Waals surface area contributed by atoms with Crippen molar-refractivity contribution in [1.82, 2.24) is 5.32 Å². The van der Waals surface area contributed by atoms with Crippen LogP contribution in [-0.2, 0) is 9.53 Å². The van der Waals surface area contributed by atoms with Crippen LogP contribution < -0.4 is 5.32 Å². The summed E-state index contributed by atoms with van der Waals surface area (Å²) in [6.45, 7) is 0.473. The predicted octanol–water partition coefficient (Wildman–Crippen LogP) is -1.51. The van der Waals surface area contributed by atoms with Crippen molar-refractivity contribution in [2.45, 2.75) is 6.10 Å². The predicted molar refractivity (Wildman–Crippen MR) is 29.8 cm³/mol. The number of hydrogen-bond acceptors (Lipinski definition) is 3. The Kier molecular flexibility index (Phi) is 2.02. The van der Waals surface area contributed by atoms with Crippen molar-refractivity contribution in [1.29, 1.82) is 0 Å². The molecule has 0 radical (unpaired) electrons. The minimum atomic E-state index is -0.206. The van der Waals surface area contributed by atoms with E-state index in [9.17, 15) is 4.79 Å². The van der Waals surface area contributed by atoms with Gasteiger partial charge in [-0.25, -0.2) is 0 Å². The average molecular weight is 131 g/mol. The Morgan fingerprint density at radius 1 is 1.89 bits per heavy atom. The molecule has 4 nitrogen and oxygen atoms in total. The third kappa shape index (κ3) is 1.65. The summed E-state index contributed by atoms with van der Waals surface area (Å²) in [4.78, 5) is 10.4. The Morgan fingerprint density at radius 2 is 2.67 bits per heavy atom. The summed E-state index contributed by atoms with van der Waals surface area (Å²) in [5.74, 6) is -0.111. The second kappa shape index (κ2) is 2.80. The van der Waals surface area contributed by atoms with Crippen LogP contribution in [0, 0.1) is 0 Å². The minimum Gasteiger partial charge on any atom is -0.394 e. The maximum Gasteiger partial charge on any atom is 0.246 e. The van der Waals surface area contributed by atoms with Crippen molar-refractivity contribution in [3.8, 4) is 0 Å². The first kappa shape index (κ1) is 6.51. The zero-order valence-electron chi connectivity index (χ0n) is 4.96. The molecular formula is C5H9NO3. The van der Waals surface area contributed by atoms with Crippen LogP contribution in [0.1, 0.15) is 0 Å². The number of nitrogens with one attached hydrogen (secondary N) is 1. The largest absolute Gasteiger partial charge is 0.394 e. The molecule has 1 rings (SSSR count). The fourth-order valence-corrected chi connectivity index (χ4v) is 0.648. The van der Waals surface area contributed by atoms with Crippen molar-refractivity contribution >= 4 is 5.91 Å². The van der Waals surface area contributed by atoms with E-state index >= 15 is 0 Å². The van der Waals surface area contributed by atoms with Crippen LogP contribution in [-0.4, -0.2) is 36.9 Å². The van der Waals surface area contributed by atoms with Crippen LogP contribution >= 0.6 is 0 Å². The van der Waals surface area contributed by atoms with E-state index < -0.39 is 0 Å². The maximum atomic E-state index is 10.4. The molecule has 0 unspecified atom stereocenters. The van der Waals surface area contributed by atoms with Crippen molar-refractivity contribution in [2.24, 2.45) is 0 Å². The van der Waals surface area contributed by atoms with E-state index in [0.29, 0.717) is 6.54 Å². The van der Waals surface area contributed by atoms with Crippen molar-refractivity contribution in [3.63, 3.8) is 0 Å². The molecule has 0 aromatic heterocycles. The van der Waals surface area contributed by atoms with E-state index in [0.717, 1.165) is 0 Å². The lowest BCUT2D eigenvalue weighted by atomic mass is 10.3. The monoisotopic (exact) mass is 131 g/mol. The van der Waals surface area contributed by atoms with Gasteiger partial charge in [-0.1, -0.05) is 0 Å². The van der Waals surface area contributed by atoms with Gasteiger partial charge in [0.05, 0.1) is 12.7 Å². The summed E-state index contributed by atoms with van der Waals surface area (Å²) in [7, 11) is 0. The Morgan fingerprint density at radius 3 is 3.11 bits per heavy atom. The molecule has 0 aliphatic carbocycles. The van der Waals surface area contributed by atoms with Crippen molar-refractivity contribution in [2.75, 3.05) is 19.8 Å². The molecule has 52 valence electrons. The van der Waals surface area contributed by atoms with Gasteiger partial charge >= 0.3 is 0 Å². The molecule has 0 spiro atoms. The molecule has 1 heterocycles. The molecule has 0 aromatic rings. The first-order valence-electron chi connectivity index (χ1n) is 2.82. The lowest BCUT2D eigenvalue weighted by Crippen LogP contribution is -2.44. The summed E-state index contributed by atoms with van der Waals surface area (Å²) < 4.78 is 4.88. The molecule has 2 N–H and O–H groups in total. The van der Waals surface area contributed by atoms with E-state index in [1.165, 1.54) is 0 Å². The van der Waals surface area contributed by atoms with Gasteiger partial charge in [0, 0.05) is 6.54 Å². The second-order valence-electron chi connectivity index (χ2n) is 1.92. The van der Waals surface area contributed by atoms with Gasteiger partial charge in [0.25, 0.3) is 0 Å². The van der Waals surface area contributed by atoms with Gasteiger partial charge in [-0.2, -0.15) is 0 Å². The SMILES string of the molecule is O=C1CO[C@@H](CO)CN1. The highest BCUT2D eigenvalue weighted by molar-refractivity contribution is 5.77. The third-order valence-corrected chi connectivity index (χ3v) is 1.18. The number of rotatable bonds is 1. The number of carbonyl (C=O) groups is 1. The Labute approximate surface area is 52.8 Å². The summed E-state index contributed by atoms with van der Waals surface area (Å²) in [6, 6.07) is 0. The van der Waals surface area contributed by atoms with Crippen molar-refractivity contribution in [3.05, 3.63) is 0 Å². The van der Waals surface area contributed by atoms with Crippen LogP contribution in [0.5, 0.6) is 0 Å². The summed E-state index contributed by atoms with van der Waals surface area (Å²) in [5, 5.41) is 11.1. The molecule has 0 aromatic carbocycles. The van der Waals surface area contributed by atoms with Gasteiger partial charge in [-0.05, 0) is 0 Å². The Bertz CT molecular complexity index is 105. The molecule has 9 heavy (non-hydrogen) atoms. The van der Waals surface area contributed by atoms with Gasteiger partial charge in [0.1, 0.15) is 6.61 Å². The average Bonchev–Trinajstić information content (AvgIpc) is 1.90. The number of carbonyl (C=O) groups excluding carboxylic acids is 1. The first-order chi connectivity index (χ1) is 4.33. The maximum absolute atomic E-state index is 10.4. The summed E-state index contributed by atoms with van der Waals surface area (Å²) >= 11 is 0. The third-order valence-electron chi connectivity index (χ3n) is 1.18. The molecule has 1 aliphatic rings. The van der Waals surface area contributed by atoms with E-state index in [1.807, 2.05) is 0 Å². The molecule has 1 fully saturated rings. The highest BCUT2D eigenvalue weighted by Crippen LogP contribution is 1.93. The molecule has 1 aliphatic heterocycles. The number of hydrogen-bond donors (Lipinski definition) is 2. The first-order valence-corrected chi connectivity index (χ1v) is 2.82. The lowest BCUT2D eigenvalue weighted by molar-refractivity contribution is -0.134. The molecule has 4 heteroatoms. The summed E-state index contributed by atoms with van der Waals surface area (Å²) in [6.07, 6.45) is -0.206. The zero-order valence-corrected chi connectivity index (χ0v) is 4.96. The van der Waals surface area contributed by atoms with Crippen molar-refractivity contribution < 1.29 is 14.6 Å². The van der Waals surface area contributed by atoms with Crippen LogP contribution in [0.15, 0.2) is 0 Å². The van der Waals surface area contributed by atoms with Gasteiger partial charge in [0.2, 0.25) is 5.91 Å². The smallest absolute Gasteiger partial charge is 0.246 e. The quantitative estimate of drug-likeness (QED) is 0.455. The van der Waals surface area contributed by atoms with Crippen LogP contribution in [0.3, 0.4) is 0 Å². The fourth-order valence-electron chi connectivity index (χ4n) is 0.648. The van der Waals surface area contributed by atoms with E-state index in [-0.39, 0.29) is 25.2 Å². The van der Waals surface area contributed by atoms with Gasteiger partial charge < -0.3 is 15.2 Å². The molecular weight excluding hydrogens is 122 g/mol. The number of aliphatic hydroxyl groups is 1. The Balaban J connectivity index is 2.26. The fraction of sp³-hybridized carbons (Fsp3) is 0.800. The normalized spacial score (nSPS) is 27.7. The van der Waals surface area contributed by atoms with Crippen LogP contribution in [0.2, 0.25) is 0 Å². The summed E-state index contributed by atoms with van der Waals surface area (Å²) in [5.41, 5.74) is 0. The molecule has 0 saturated carbocycles. The molecule has 1 amide bonds. The zero-order chi connectivity index (χ0) is 6.69. The number of morpholine rings is 1. The number of ether oxygens (including phenoxy) is 1. The van der Waals surface area contributed by atoms with Gasteiger partial charge in [-0.15, -0.1) is 0 Å². The molecule has 1 atom stereocenters. The standard InChI is InChI=1S/C5H9NO3/c7-2-4-1-6-5(8)3-9-4/h4,7H,1-3H2,(H,6,8)/t4-/m1/s1. The topological polar surface area (TPSA) is 58.6 Å². The number of aliphatic hydroxyl groups excluding tert-OH is 1.